The van der Waals surface area contributed by atoms with Gasteiger partial charge in [0.2, 0.25) is 10.0 Å². The monoisotopic (exact) mass is 475 g/mol. The van der Waals surface area contributed by atoms with E-state index in [-0.39, 0.29) is 11.4 Å². The molecule has 1 fully saturated rings. The summed E-state index contributed by atoms with van der Waals surface area (Å²) < 4.78 is 27.2. The van der Waals surface area contributed by atoms with Crippen LogP contribution < -0.4 is 4.72 Å². The predicted octanol–water partition coefficient (Wildman–Crippen LogP) is 4.27. The highest BCUT2D eigenvalue weighted by atomic mass is 32.2. The molecule has 10 heteroatoms. The van der Waals surface area contributed by atoms with E-state index in [9.17, 15) is 8.42 Å². The largest absolute Gasteiger partial charge is 0.346 e. The van der Waals surface area contributed by atoms with Crippen LogP contribution in [0.5, 0.6) is 0 Å². The normalized spacial score (nSPS) is 14.3. The summed E-state index contributed by atoms with van der Waals surface area (Å²) in [7, 11) is -3.69. The second-order valence-corrected chi connectivity index (χ2v) is 10.0. The standard InChI is InChI=1S/C16H12N6O2S.C8H13N/c17-7-10-1-3-11(4-2-10)25(23,24)20-9-14-21-13-8-19-16-12(5-6-18-16)15(13)22-14;9-7-6-8-4-2-1-3-5-8/h1-6,8,20H,9H2,(H,18,19)(H,21,22);8H,1-6H2. The maximum Gasteiger partial charge on any atom is 0.240 e. The lowest BCUT2D eigenvalue weighted by molar-refractivity contribution is 0.364. The number of pyridine rings is 1. The van der Waals surface area contributed by atoms with Gasteiger partial charge in [0.15, 0.2) is 0 Å². The van der Waals surface area contributed by atoms with Crippen molar-refractivity contribution < 1.29 is 8.42 Å². The summed E-state index contributed by atoms with van der Waals surface area (Å²) in [6, 6.07) is 11.8. The number of benzene rings is 1. The third-order valence-corrected chi connectivity index (χ3v) is 7.33. The van der Waals surface area contributed by atoms with Crippen molar-refractivity contribution in [2.75, 3.05) is 0 Å². The Morgan fingerprint density at radius 1 is 1.09 bits per heavy atom. The number of nitriles is 2. The van der Waals surface area contributed by atoms with E-state index in [0.29, 0.717) is 11.4 Å². The Morgan fingerprint density at radius 3 is 2.56 bits per heavy atom. The van der Waals surface area contributed by atoms with Gasteiger partial charge in [0.1, 0.15) is 17.0 Å². The number of hydrogen-bond donors (Lipinski definition) is 3. The second-order valence-electron chi connectivity index (χ2n) is 8.27. The van der Waals surface area contributed by atoms with Gasteiger partial charge >= 0.3 is 0 Å². The molecule has 0 saturated heterocycles. The maximum atomic E-state index is 12.3. The molecule has 174 valence electrons. The average Bonchev–Trinajstić information content (AvgIpc) is 3.51. The Labute approximate surface area is 197 Å². The van der Waals surface area contributed by atoms with Crippen LogP contribution >= 0.6 is 0 Å². The molecule has 9 nitrogen and oxygen atoms in total. The minimum atomic E-state index is -3.69. The Bertz CT molecular complexity index is 1450. The molecule has 0 amide bonds. The zero-order valence-corrected chi connectivity index (χ0v) is 19.4. The lowest BCUT2D eigenvalue weighted by atomic mass is 9.87. The van der Waals surface area contributed by atoms with Crippen LogP contribution in [0.3, 0.4) is 0 Å². The lowest BCUT2D eigenvalue weighted by Crippen LogP contribution is -2.23. The number of H-pyrrole nitrogens is 2. The molecule has 0 bridgehead atoms. The smallest absolute Gasteiger partial charge is 0.240 e. The molecule has 0 spiro atoms. The molecule has 0 atom stereocenters. The summed E-state index contributed by atoms with van der Waals surface area (Å²) in [5.74, 6) is 1.23. The van der Waals surface area contributed by atoms with Crippen molar-refractivity contribution in [2.24, 2.45) is 5.92 Å². The summed E-state index contributed by atoms with van der Waals surface area (Å²) in [6.45, 7) is 0.0168. The molecule has 3 N–H and O–H groups in total. The zero-order valence-electron chi connectivity index (χ0n) is 18.6. The average molecular weight is 476 g/mol. The van der Waals surface area contributed by atoms with E-state index >= 15 is 0 Å². The van der Waals surface area contributed by atoms with Gasteiger partial charge in [0.05, 0.1) is 40.9 Å². The molecule has 3 heterocycles. The van der Waals surface area contributed by atoms with E-state index < -0.39 is 10.0 Å². The second kappa shape index (κ2) is 10.5. The number of imidazole rings is 1. The Morgan fingerprint density at radius 2 is 1.85 bits per heavy atom. The number of sulfonamides is 1. The molecule has 1 aliphatic carbocycles. The van der Waals surface area contributed by atoms with E-state index in [1.807, 2.05) is 12.1 Å². The quantitative estimate of drug-likeness (QED) is 0.392. The molecule has 1 aliphatic rings. The molecule has 5 rings (SSSR count). The van der Waals surface area contributed by atoms with Gasteiger partial charge in [-0.25, -0.2) is 23.1 Å². The predicted molar refractivity (Wildman–Crippen MR) is 128 cm³/mol. The number of aromatic nitrogens is 4. The molecule has 34 heavy (non-hydrogen) atoms. The molecular formula is C24H25N7O2S. The fourth-order valence-electron chi connectivity index (χ4n) is 4.08. The van der Waals surface area contributed by atoms with Crippen LogP contribution in [-0.4, -0.2) is 28.4 Å². The van der Waals surface area contributed by atoms with Crippen molar-refractivity contribution in [1.82, 2.24) is 24.7 Å². The highest BCUT2D eigenvalue weighted by Crippen LogP contribution is 2.25. The van der Waals surface area contributed by atoms with Crippen LogP contribution in [0.15, 0.2) is 47.6 Å². The molecular weight excluding hydrogens is 450 g/mol. The maximum absolute atomic E-state index is 12.3. The van der Waals surface area contributed by atoms with Crippen LogP contribution in [0.4, 0.5) is 0 Å². The van der Waals surface area contributed by atoms with Crippen molar-refractivity contribution >= 4 is 32.1 Å². The molecule has 1 saturated carbocycles. The zero-order chi connectivity index (χ0) is 24.0. The number of hydrogen-bond acceptors (Lipinski definition) is 6. The van der Waals surface area contributed by atoms with Crippen LogP contribution in [0.1, 0.15) is 49.9 Å². The van der Waals surface area contributed by atoms with E-state index in [0.717, 1.165) is 34.4 Å². The molecule has 0 aliphatic heterocycles. The summed E-state index contributed by atoms with van der Waals surface area (Å²) in [4.78, 5) is 14.9. The van der Waals surface area contributed by atoms with Gasteiger partial charge in [0.25, 0.3) is 0 Å². The van der Waals surface area contributed by atoms with Gasteiger partial charge in [-0.1, -0.05) is 19.3 Å². The summed E-state index contributed by atoms with van der Waals surface area (Å²) in [6.07, 6.45) is 10.9. The lowest BCUT2D eigenvalue weighted by Gasteiger charge is -2.17. The fourth-order valence-corrected chi connectivity index (χ4v) is 5.07. The number of rotatable bonds is 5. The van der Waals surface area contributed by atoms with Crippen molar-refractivity contribution in [3.05, 3.63) is 54.1 Å². The Kier molecular flexibility index (Phi) is 7.21. The molecule has 0 radical (unpaired) electrons. The van der Waals surface area contributed by atoms with E-state index in [2.05, 4.69) is 30.7 Å². The first kappa shape index (κ1) is 23.4. The van der Waals surface area contributed by atoms with Gasteiger partial charge in [-0.05, 0) is 49.1 Å². The van der Waals surface area contributed by atoms with Crippen LogP contribution in [0.2, 0.25) is 0 Å². The summed E-state index contributed by atoms with van der Waals surface area (Å²) in [5.41, 5.74) is 2.60. The van der Waals surface area contributed by atoms with Gasteiger partial charge in [0, 0.05) is 18.0 Å². The minimum Gasteiger partial charge on any atom is -0.346 e. The fraction of sp³-hybridized carbons (Fsp3) is 0.333. The van der Waals surface area contributed by atoms with Crippen molar-refractivity contribution in [1.29, 1.82) is 10.5 Å². The van der Waals surface area contributed by atoms with Gasteiger partial charge in [-0.2, -0.15) is 10.5 Å². The van der Waals surface area contributed by atoms with Gasteiger partial charge in [-0.3, -0.25) is 0 Å². The van der Waals surface area contributed by atoms with E-state index in [1.54, 1.807) is 12.4 Å². The van der Waals surface area contributed by atoms with Gasteiger partial charge in [-0.15, -0.1) is 0 Å². The third-order valence-electron chi connectivity index (χ3n) is 5.91. The van der Waals surface area contributed by atoms with Gasteiger partial charge < -0.3 is 9.97 Å². The number of nitrogens with one attached hydrogen (secondary N) is 3. The van der Waals surface area contributed by atoms with Crippen LogP contribution in [0.25, 0.3) is 22.1 Å². The first-order valence-corrected chi connectivity index (χ1v) is 12.7. The summed E-state index contributed by atoms with van der Waals surface area (Å²) in [5, 5.41) is 18.0. The Hall–Kier alpha value is -3.73. The topological polar surface area (TPSA) is 151 Å². The highest BCUT2D eigenvalue weighted by Gasteiger charge is 2.16. The molecule has 4 aromatic rings. The van der Waals surface area contributed by atoms with Crippen molar-refractivity contribution in [3.63, 3.8) is 0 Å². The SMILES string of the molecule is N#CCC1CCCCC1.N#Cc1ccc(S(=O)(=O)NCc2nc3c(cnc4[nH]ccc43)[nH]2)cc1. The van der Waals surface area contributed by atoms with E-state index in [4.69, 9.17) is 10.5 Å². The van der Waals surface area contributed by atoms with Crippen LogP contribution in [-0.2, 0) is 16.6 Å². The Balaban J connectivity index is 0.000000257. The minimum absolute atomic E-state index is 0.0168. The number of nitrogens with zero attached hydrogens (tertiary/aromatic N) is 4. The third kappa shape index (κ3) is 5.42. The first-order chi connectivity index (χ1) is 16.5. The highest BCUT2D eigenvalue weighted by molar-refractivity contribution is 7.89. The first-order valence-electron chi connectivity index (χ1n) is 11.2. The van der Waals surface area contributed by atoms with Crippen molar-refractivity contribution in [3.8, 4) is 12.1 Å². The van der Waals surface area contributed by atoms with Crippen molar-refractivity contribution in [2.45, 2.75) is 50.0 Å². The molecule has 1 aromatic carbocycles. The number of aromatic amines is 2. The molecule has 3 aromatic heterocycles. The summed E-state index contributed by atoms with van der Waals surface area (Å²) >= 11 is 0. The van der Waals surface area contributed by atoms with Crippen LogP contribution in [0, 0.1) is 28.6 Å². The van der Waals surface area contributed by atoms with E-state index in [1.165, 1.54) is 56.4 Å². The molecule has 0 unspecified atom stereocenters. The number of fused-ring (bicyclic) bond motifs is 3.